The van der Waals surface area contributed by atoms with Gasteiger partial charge in [-0.1, -0.05) is 23.7 Å². The minimum Gasteiger partial charge on any atom is -0.294 e. The zero-order chi connectivity index (χ0) is 12.3. The van der Waals surface area contributed by atoms with Crippen LogP contribution in [-0.4, -0.2) is 10.8 Å². The largest absolute Gasteiger partial charge is 0.294 e. The van der Waals surface area contributed by atoms with E-state index in [2.05, 4.69) is 27.6 Å². The number of carbonyl (C=O) groups is 1. The molecule has 0 radical (unpaired) electrons. The highest BCUT2D eigenvalue weighted by atomic mass is 127. The van der Waals surface area contributed by atoms with Crippen molar-refractivity contribution >= 4 is 40.0 Å². The van der Waals surface area contributed by atoms with E-state index in [9.17, 15) is 4.79 Å². The maximum Gasteiger partial charge on any atom is 0.167 e. The molecule has 0 saturated carbocycles. The molecule has 1 heterocycles. The number of hydrogen-bond acceptors (Lipinski definition) is 2. The maximum absolute atomic E-state index is 12.0. The van der Waals surface area contributed by atoms with E-state index in [1.54, 1.807) is 18.5 Å². The molecule has 0 fully saturated rings. The molecule has 4 heteroatoms. The van der Waals surface area contributed by atoms with Gasteiger partial charge in [-0.05, 0) is 46.4 Å². The Labute approximate surface area is 118 Å². The number of benzene rings is 1. The van der Waals surface area contributed by atoms with Crippen LogP contribution in [0.4, 0.5) is 0 Å². The molecular weight excluding hydrogens is 349 g/mol. The van der Waals surface area contributed by atoms with Crippen LogP contribution in [0.5, 0.6) is 0 Å². The van der Waals surface area contributed by atoms with Crippen LogP contribution in [0.2, 0.25) is 5.02 Å². The molecule has 0 amide bonds. The van der Waals surface area contributed by atoms with E-state index in [0.717, 1.165) is 9.13 Å². The molecule has 1 aromatic heterocycles. The molecule has 2 aromatic rings. The fraction of sp³-hybridized carbons (Fsp3) is 0.0769. The molecule has 0 aliphatic carbocycles. The van der Waals surface area contributed by atoms with E-state index in [4.69, 9.17) is 11.6 Å². The van der Waals surface area contributed by atoms with Crippen LogP contribution in [0.25, 0.3) is 0 Å². The SMILES string of the molecule is O=C(Cc1ccncc1Cl)c1ccc(I)cc1. The van der Waals surface area contributed by atoms with Gasteiger partial charge in [0.25, 0.3) is 0 Å². The maximum atomic E-state index is 12.0. The standard InChI is InChI=1S/C13H9ClINO/c14-12-8-16-6-5-10(12)7-13(17)9-1-3-11(15)4-2-9/h1-6,8H,7H2. The Hall–Kier alpha value is -0.940. The smallest absolute Gasteiger partial charge is 0.167 e. The van der Waals surface area contributed by atoms with Crippen LogP contribution < -0.4 is 0 Å². The van der Waals surface area contributed by atoms with Gasteiger partial charge in [0, 0.05) is 27.9 Å². The summed E-state index contributed by atoms with van der Waals surface area (Å²) in [6.45, 7) is 0. The lowest BCUT2D eigenvalue weighted by Crippen LogP contribution is -2.04. The molecule has 0 aliphatic rings. The zero-order valence-corrected chi connectivity index (χ0v) is 11.8. The van der Waals surface area contributed by atoms with Crippen molar-refractivity contribution in [1.29, 1.82) is 0 Å². The summed E-state index contributed by atoms with van der Waals surface area (Å²) in [5.74, 6) is 0.0644. The molecule has 0 N–H and O–H groups in total. The van der Waals surface area contributed by atoms with E-state index >= 15 is 0 Å². The van der Waals surface area contributed by atoms with Crippen molar-refractivity contribution in [2.75, 3.05) is 0 Å². The summed E-state index contributed by atoms with van der Waals surface area (Å²) in [6, 6.07) is 9.27. The second-order valence-electron chi connectivity index (χ2n) is 3.57. The zero-order valence-electron chi connectivity index (χ0n) is 8.86. The fourth-order valence-electron chi connectivity index (χ4n) is 1.46. The normalized spacial score (nSPS) is 10.2. The lowest BCUT2D eigenvalue weighted by Gasteiger charge is -2.03. The third-order valence-corrected chi connectivity index (χ3v) is 3.43. The number of carbonyl (C=O) groups excluding carboxylic acids is 1. The third-order valence-electron chi connectivity index (χ3n) is 2.37. The molecule has 1 aromatic carbocycles. The van der Waals surface area contributed by atoms with Gasteiger partial charge in [-0.25, -0.2) is 0 Å². The summed E-state index contributed by atoms with van der Waals surface area (Å²) in [5.41, 5.74) is 1.52. The van der Waals surface area contributed by atoms with Crippen molar-refractivity contribution in [3.8, 4) is 0 Å². The average molecular weight is 358 g/mol. The van der Waals surface area contributed by atoms with E-state index in [1.807, 2.05) is 24.3 Å². The van der Waals surface area contributed by atoms with Gasteiger partial charge in [0.15, 0.2) is 5.78 Å². The van der Waals surface area contributed by atoms with Gasteiger partial charge in [0.1, 0.15) is 0 Å². The van der Waals surface area contributed by atoms with Gasteiger partial charge in [0.2, 0.25) is 0 Å². The van der Waals surface area contributed by atoms with Crippen molar-refractivity contribution in [3.63, 3.8) is 0 Å². The number of Topliss-reactive ketones (excluding diaryl/α,β-unsaturated/α-hetero) is 1. The molecule has 0 bridgehead atoms. The average Bonchev–Trinajstić information content (AvgIpc) is 2.33. The van der Waals surface area contributed by atoms with E-state index in [-0.39, 0.29) is 5.78 Å². The number of hydrogen-bond donors (Lipinski definition) is 0. The predicted molar refractivity (Wildman–Crippen MR) is 76.4 cm³/mol. The Morgan fingerprint density at radius 3 is 2.59 bits per heavy atom. The molecule has 0 spiro atoms. The predicted octanol–water partition coefficient (Wildman–Crippen LogP) is 3.77. The highest BCUT2D eigenvalue weighted by Crippen LogP contribution is 2.16. The minimum absolute atomic E-state index is 0.0644. The number of nitrogens with zero attached hydrogens (tertiary/aromatic N) is 1. The summed E-state index contributed by atoms with van der Waals surface area (Å²) in [6.07, 6.45) is 3.50. The second kappa shape index (κ2) is 5.60. The van der Waals surface area contributed by atoms with Gasteiger partial charge >= 0.3 is 0 Å². The van der Waals surface area contributed by atoms with Crippen LogP contribution in [0, 0.1) is 3.57 Å². The first-order valence-electron chi connectivity index (χ1n) is 5.04. The number of aromatic nitrogens is 1. The van der Waals surface area contributed by atoms with Crippen molar-refractivity contribution in [1.82, 2.24) is 4.98 Å². The molecule has 0 unspecified atom stereocenters. The van der Waals surface area contributed by atoms with Crippen LogP contribution in [-0.2, 0) is 6.42 Å². The number of ketones is 1. The molecule has 0 saturated heterocycles. The summed E-state index contributed by atoms with van der Waals surface area (Å²) < 4.78 is 1.11. The van der Waals surface area contributed by atoms with Gasteiger partial charge in [-0.2, -0.15) is 0 Å². The molecule has 86 valence electrons. The summed E-state index contributed by atoms with van der Waals surface area (Å²) in [4.78, 5) is 15.9. The first-order valence-corrected chi connectivity index (χ1v) is 6.49. The van der Waals surface area contributed by atoms with Crippen molar-refractivity contribution in [2.24, 2.45) is 0 Å². The van der Waals surface area contributed by atoms with E-state index < -0.39 is 0 Å². The Balaban J connectivity index is 2.17. The Morgan fingerprint density at radius 1 is 1.24 bits per heavy atom. The fourth-order valence-corrected chi connectivity index (χ4v) is 2.00. The van der Waals surface area contributed by atoms with Crippen LogP contribution >= 0.6 is 34.2 Å². The lowest BCUT2D eigenvalue weighted by molar-refractivity contribution is 0.0993. The quantitative estimate of drug-likeness (QED) is 0.618. The van der Waals surface area contributed by atoms with Gasteiger partial charge < -0.3 is 0 Å². The number of pyridine rings is 1. The topological polar surface area (TPSA) is 30.0 Å². The van der Waals surface area contributed by atoms with E-state index in [0.29, 0.717) is 17.0 Å². The highest BCUT2D eigenvalue weighted by Gasteiger charge is 2.09. The van der Waals surface area contributed by atoms with Crippen LogP contribution in [0.1, 0.15) is 15.9 Å². The molecule has 17 heavy (non-hydrogen) atoms. The Kier molecular flexibility index (Phi) is 4.12. The Bertz CT molecular complexity index is 539. The first kappa shape index (κ1) is 12.5. The summed E-state index contributed by atoms with van der Waals surface area (Å²) in [7, 11) is 0. The number of rotatable bonds is 3. The second-order valence-corrected chi connectivity index (χ2v) is 5.23. The van der Waals surface area contributed by atoms with Crippen LogP contribution in [0.3, 0.4) is 0 Å². The van der Waals surface area contributed by atoms with Crippen molar-refractivity contribution in [3.05, 3.63) is 62.4 Å². The summed E-state index contributed by atoms with van der Waals surface area (Å²) in [5, 5.41) is 0.534. The van der Waals surface area contributed by atoms with Crippen LogP contribution in [0.15, 0.2) is 42.7 Å². The monoisotopic (exact) mass is 357 g/mol. The minimum atomic E-state index is 0.0644. The molecule has 2 nitrogen and oxygen atoms in total. The van der Waals surface area contributed by atoms with Gasteiger partial charge in [-0.3, -0.25) is 9.78 Å². The molecule has 0 atom stereocenters. The molecule has 0 aliphatic heterocycles. The lowest BCUT2D eigenvalue weighted by atomic mass is 10.0. The Morgan fingerprint density at radius 2 is 1.94 bits per heavy atom. The van der Waals surface area contributed by atoms with Crippen molar-refractivity contribution in [2.45, 2.75) is 6.42 Å². The summed E-state index contributed by atoms with van der Waals surface area (Å²) >= 11 is 8.17. The third kappa shape index (κ3) is 3.26. The number of halogens is 2. The van der Waals surface area contributed by atoms with Gasteiger partial charge in [-0.15, -0.1) is 0 Å². The molecular formula is C13H9ClINO. The van der Waals surface area contributed by atoms with Gasteiger partial charge in [0.05, 0.1) is 5.02 Å². The van der Waals surface area contributed by atoms with E-state index in [1.165, 1.54) is 0 Å². The highest BCUT2D eigenvalue weighted by molar-refractivity contribution is 14.1. The van der Waals surface area contributed by atoms with Crippen molar-refractivity contribution < 1.29 is 4.79 Å². The molecule has 2 rings (SSSR count). The first-order chi connectivity index (χ1) is 8.16.